The van der Waals surface area contributed by atoms with E-state index < -0.39 is 23.6 Å². The van der Waals surface area contributed by atoms with Crippen LogP contribution in [0.3, 0.4) is 0 Å². The summed E-state index contributed by atoms with van der Waals surface area (Å²) in [5.74, 6) is -2.54. The number of methoxy groups -OCH3 is 2. The van der Waals surface area contributed by atoms with Crippen LogP contribution in [0.1, 0.15) is 27.0 Å². The molecule has 5 rings (SSSR count). The number of rotatable bonds is 10. The third-order valence-electron chi connectivity index (χ3n) is 7.13. The van der Waals surface area contributed by atoms with Gasteiger partial charge in [-0.25, -0.2) is 9.59 Å². The molecular formula is C31H28N4O8. The number of hydrogen-bond donors (Lipinski definition) is 3. The standard InChI is InChI=1S/C31H28N4O8/c1-41-24-16-25(42-2)34-30(33-24)43-27(29(39)40)31(21-8-4-3-5-9-21)22-10-6-7-11-23(22)35(26(36)17-32-31)18-19-12-14-20(15-13-19)28(37)38/h3-16,27,32H,17-18H2,1-2H3,(H,37,38)(H,39,40)/t27-,31+/m1/s1. The SMILES string of the molecule is COc1cc(OC)nc(O[C@H](C(=O)O)[C@@]2(c3ccccc3)NCC(=O)N(Cc3ccc(C(=O)O)cc3)c3ccccc32)n1. The maximum absolute atomic E-state index is 13.7. The zero-order valence-corrected chi connectivity index (χ0v) is 23.3. The van der Waals surface area contributed by atoms with E-state index in [1.54, 1.807) is 66.7 Å². The van der Waals surface area contributed by atoms with Crippen molar-refractivity contribution in [2.45, 2.75) is 18.2 Å². The van der Waals surface area contributed by atoms with Crippen molar-refractivity contribution < 1.29 is 38.8 Å². The Bertz CT molecular complexity index is 1630. The number of fused-ring (bicyclic) bond motifs is 1. The quantitative estimate of drug-likeness (QED) is 0.251. The van der Waals surface area contributed by atoms with Crippen LogP contribution in [0.25, 0.3) is 0 Å². The van der Waals surface area contributed by atoms with E-state index in [0.717, 1.165) is 0 Å². The summed E-state index contributed by atoms with van der Waals surface area (Å²) < 4.78 is 16.5. The third kappa shape index (κ3) is 5.68. The number of carboxylic acids is 2. The number of carbonyl (C=O) groups excluding carboxylic acids is 1. The number of para-hydroxylation sites is 1. The van der Waals surface area contributed by atoms with Crippen LogP contribution in [0.5, 0.6) is 17.8 Å². The van der Waals surface area contributed by atoms with E-state index in [0.29, 0.717) is 22.4 Å². The molecule has 12 heteroatoms. The summed E-state index contributed by atoms with van der Waals surface area (Å²) in [5, 5.41) is 23.2. The number of aromatic nitrogens is 2. The summed E-state index contributed by atoms with van der Waals surface area (Å²) in [6.45, 7) is -0.150. The van der Waals surface area contributed by atoms with Crippen LogP contribution in [-0.2, 0) is 21.7 Å². The van der Waals surface area contributed by atoms with Gasteiger partial charge in [0.25, 0.3) is 0 Å². The highest BCUT2D eigenvalue weighted by atomic mass is 16.5. The Balaban J connectivity index is 1.67. The summed E-state index contributed by atoms with van der Waals surface area (Å²) in [5.41, 5.74) is 0.613. The molecule has 1 aliphatic rings. The van der Waals surface area contributed by atoms with Crippen molar-refractivity contribution in [2.75, 3.05) is 25.7 Å². The Morgan fingerprint density at radius 3 is 2.16 bits per heavy atom. The summed E-state index contributed by atoms with van der Waals surface area (Å²) in [6.07, 6.45) is -1.68. The van der Waals surface area contributed by atoms with Gasteiger partial charge in [0.2, 0.25) is 23.8 Å². The molecule has 43 heavy (non-hydrogen) atoms. The van der Waals surface area contributed by atoms with Gasteiger partial charge < -0.3 is 29.3 Å². The fourth-order valence-corrected chi connectivity index (χ4v) is 5.11. The van der Waals surface area contributed by atoms with E-state index in [1.165, 1.54) is 37.3 Å². The molecule has 3 aromatic carbocycles. The number of nitrogens with zero attached hydrogens (tertiary/aromatic N) is 3. The second-order valence-corrected chi connectivity index (χ2v) is 9.60. The maximum atomic E-state index is 13.7. The van der Waals surface area contributed by atoms with Crippen molar-refractivity contribution in [2.24, 2.45) is 0 Å². The number of nitrogens with one attached hydrogen (secondary N) is 1. The average Bonchev–Trinajstić information content (AvgIpc) is 3.15. The summed E-state index contributed by atoms with van der Waals surface area (Å²) in [7, 11) is 2.79. The molecule has 12 nitrogen and oxygen atoms in total. The molecule has 3 N–H and O–H groups in total. The molecule has 0 fully saturated rings. The minimum atomic E-state index is -1.68. The van der Waals surface area contributed by atoms with E-state index >= 15 is 0 Å². The molecule has 1 aromatic heterocycles. The molecule has 0 unspecified atom stereocenters. The minimum Gasteiger partial charge on any atom is -0.481 e. The number of hydrogen-bond acceptors (Lipinski definition) is 9. The second-order valence-electron chi connectivity index (χ2n) is 9.60. The zero-order chi connectivity index (χ0) is 30.6. The number of aromatic carboxylic acids is 1. The first kappa shape index (κ1) is 29.0. The summed E-state index contributed by atoms with van der Waals surface area (Å²) >= 11 is 0. The first-order valence-electron chi connectivity index (χ1n) is 13.2. The predicted molar refractivity (Wildman–Crippen MR) is 153 cm³/mol. The van der Waals surface area contributed by atoms with Crippen LogP contribution < -0.4 is 24.4 Å². The Hall–Kier alpha value is -5.49. The van der Waals surface area contributed by atoms with Crippen LogP contribution in [0.2, 0.25) is 0 Å². The fourth-order valence-electron chi connectivity index (χ4n) is 5.11. The van der Waals surface area contributed by atoms with Gasteiger partial charge in [0, 0.05) is 11.3 Å². The fraction of sp³-hybridized carbons (Fsp3) is 0.194. The largest absolute Gasteiger partial charge is 0.481 e. The number of anilines is 1. The van der Waals surface area contributed by atoms with Crippen molar-refractivity contribution in [3.8, 4) is 17.8 Å². The van der Waals surface area contributed by atoms with Gasteiger partial charge in [0.05, 0.1) is 38.9 Å². The molecule has 0 bridgehead atoms. The average molecular weight is 585 g/mol. The first-order valence-corrected chi connectivity index (χ1v) is 13.2. The highest BCUT2D eigenvalue weighted by Gasteiger charge is 2.52. The number of carboxylic acid groups (broad SMARTS) is 2. The second kappa shape index (κ2) is 12.2. The third-order valence-corrected chi connectivity index (χ3v) is 7.13. The lowest BCUT2D eigenvalue weighted by atomic mass is 9.77. The van der Waals surface area contributed by atoms with Gasteiger partial charge in [0.15, 0.2) is 0 Å². The Morgan fingerprint density at radius 1 is 0.930 bits per heavy atom. The van der Waals surface area contributed by atoms with E-state index in [2.05, 4.69) is 15.3 Å². The maximum Gasteiger partial charge on any atom is 0.347 e. The van der Waals surface area contributed by atoms with Gasteiger partial charge in [-0.1, -0.05) is 60.7 Å². The summed E-state index contributed by atoms with van der Waals surface area (Å²) in [4.78, 5) is 48.1. The monoisotopic (exact) mass is 584 g/mol. The molecular weight excluding hydrogens is 556 g/mol. The Kier molecular flexibility index (Phi) is 8.21. The molecule has 4 aromatic rings. The lowest BCUT2D eigenvalue weighted by Crippen LogP contribution is -2.58. The van der Waals surface area contributed by atoms with E-state index in [-0.39, 0.29) is 42.3 Å². The number of benzene rings is 3. The van der Waals surface area contributed by atoms with E-state index in [9.17, 15) is 24.6 Å². The number of carbonyl (C=O) groups is 3. The molecule has 0 spiro atoms. The molecule has 220 valence electrons. The van der Waals surface area contributed by atoms with Gasteiger partial charge >= 0.3 is 17.9 Å². The molecule has 0 saturated heterocycles. The van der Waals surface area contributed by atoms with Crippen molar-refractivity contribution in [3.63, 3.8) is 0 Å². The normalized spacial score (nSPS) is 16.9. The molecule has 0 aliphatic carbocycles. The lowest BCUT2D eigenvalue weighted by Gasteiger charge is -2.39. The van der Waals surface area contributed by atoms with Gasteiger partial charge in [-0.2, -0.15) is 9.97 Å². The highest BCUT2D eigenvalue weighted by molar-refractivity contribution is 5.97. The van der Waals surface area contributed by atoms with Crippen LogP contribution in [0.4, 0.5) is 5.69 Å². The van der Waals surface area contributed by atoms with Gasteiger partial charge in [-0.05, 0) is 29.3 Å². The van der Waals surface area contributed by atoms with Crippen molar-refractivity contribution in [3.05, 3.63) is 107 Å². The smallest absolute Gasteiger partial charge is 0.347 e. The van der Waals surface area contributed by atoms with Crippen LogP contribution in [0.15, 0.2) is 84.9 Å². The van der Waals surface area contributed by atoms with Gasteiger partial charge in [0.1, 0.15) is 5.54 Å². The topological polar surface area (TPSA) is 160 Å². The number of amides is 1. The van der Waals surface area contributed by atoms with Gasteiger partial charge in [-0.15, -0.1) is 0 Å². The molecule has 1 aliphatic heterocycles. The minimum absolute atomic E-state index is 0.101. The predicted octanol–water partition coefficient (Wildman–Crippen LogP) is 3.10. The highest BCUT2D eigenvalue weighted by Crippen LogP contribution is 2.42. The Labute approximate surface area is 246 Å². The molecule has 0 saturated carbocycles. The molecule has 2 heterocycles. The van der Waals surface area contributed by atoms with E-state index in [4.69, 9.17) is 14.2 Å². The van der Waals surface area contributed by atoms with E-state index in [1.807, 2.05) is 0 Å². The first-order chi connectivity index (χ1) is 20.8. The zero-order valence-electron chi connectivity index (χ0n) is 23.3. The lowest BCUT2D eigenvalue weighted by molar-refractivity contribution is -0.149. The Morgan fingerprint density at radius 2 is 1.56 bits per heavy atom. The number of aliphatic carboxylic acids is 1. The number of ether oxygens (including phenoxy) is 3. The molecule has 0 radical (unpaired) electrons. The van der Waals surface area contributed by atoms with Gasteiger partial charge in [-0.3, -0.25) is 10.1 Å². The van der Waals surface area contributed by atoms with Crippen molar-refractivity contribution in [1.29, 1.82) is 0 Å². The van der Waals surface area contributed by atoms with Crippen molar-refractivity contribution >= 4 is 23.5 Å². The molecule has 1 amide bonds. The summed E-state index contributed by atoms with van der Waals surface area (Å²) in [6, 6.07) is 23.1. The van der Waals surface area contributed by atoms with Crippen LogP contribution in [-0.4, -0.2) is 64.9 Å². The van der Waals surface area contributed by atoms with Crippen molar-refractivity contribution in [1.82, 2.24) is 15.3 Å². The van der Waals surface area contributed by atoms with Crippen LogP contribution >= 0.6 is 0 Å². The molecule has 2 atom stereocenters. The van der Waals surface area contributed by atoms with Crippen LogP contribution in [0, 0.1) is 0 Å².